The van der Waals surface area contributed by atoms with E-state index in [-0.39, 0.29) is 17.7 Å². The number of fused-ring (bicyclic) bond motifs is 1. The van der Waals surface area contributed by atoms with Gasteiger partial charge in [-0.05, 0) is 54.4 Å². The first-order valence-corrected chi connectivity index (χ1v) is 11.4. The van der Waals surface area contributed by atoms with Crippen molar-refractivity contribution in [3.8, 4) is 11.5 Å². The van der Waals surface area contributed by atoms with E-state index in [0.717, 1.165) is 22.6 Å². The van der Waals surface area contributed by atoms with Gasteiger partial charge >= 0.3 is 10.1 Å². The second kappa shape index (κ2) is 8.75. The summed E-state index contributed by atoms with van der Waals surface area (Å²) < 4.78 is 33.4. The summed E-state index contributed by atoms with van der Waals surface area (Å²) in [6, 6.07) is 18.5. The zero-order valence-electron chi connectivity index (χ0n) is 17.5. The van der Waals surface area contributed by atoms with E-state index in [4.69, 9.17) is 8.92 Å². The summed E-state index contributed by atoms with van der Waals surface area (Å²) >= 11 is 0. The van der Waals surface area contributed by atoms with Gasteiger partial charge in [0, 0.05) is 18.2 Å². The summed E-state index contributed by atoms with van der Waals surface area (Å²) in [5.74, 6) is 0.303. The molecule has 0 aliphatic heterocycles. The maximum absolute atomic E-state index is 13.2. The van der Waals surface area contributed by atoms with Crippen LogP contribution in [0.15, 0.2) is 60.7 Å². The molecule has 0 atom stereocenters. The quantitative estimate of drug-likeness (QED) is 0.528. The molecule has 0 saturated carbocycles. The monoisotopic (exact) mass is 427 g/mol. The Morgan fingerprint density at radius 1 is 0.967 bits per heavy atom. The lowest BCUT2D eigenvalue weighted by Crippen LogP contribution is -2.36. The Morgan fingerprint density at radius 3 is 2.30 bits per heavy atom. The Bertz CT molecular complexity index is 1170. The van der Waals surface area contributed by atoms with Crippen LogP contribution in [-0.4, -0.2) is 38.6 Å². The van der Waals surface area contributed by atoms with Crippen LogP contribution in [0.5, 0.6) is 11.5 Å². The highest BCUT2D eigenvalue weighted by molar-refractivity contribution is 7.86. The molecular formula is C23H25NO5S. The van der Waals surface area contributed by atoms with Crippen LogP contribution >= 0.6 is 0 Å². The molecule has 0 bridgehead atoms. The largest absolute Gasteiger partial charge is 0.493 e. The van der Waals surface area contributed by atoms with Crippen molar-refractivity contribution in [2.75, 3.05) is 13.4 Å². The van der Waals surface area contributed by atoms with Crippen molar-refractivity contribution >= 4 is 26.8 Å². The second-order valence-corrected chi connectivity index (χ2v) is 8.94. The number of nitrogens with zero attached hydrogens (tertiary/aromatic N) is 1. The molecule has 0 saturated heterocycles. The van der Waals surface area contributed by atoms with Gasteiger partial charge < -0.3 is 13.8 Å². The standard InChI is InChI=1S/C23H25NO5S/c1-16(2)24(23(25)20-11-10-18-7-5-6-8-19(18)14-20)15-17-9-12-21(28-3)22(13-17)29-30(4,26)27/h5-14,16H,15H2,1-4H3. The second-order valence-electron chi connectivity index (χ2n) is 7.36. The first kappa shape index (κ1) is 21.6. The number of ether oxygens (including phenoxy) is 1. The normalized spacial score (nSPS) is 11.5. The molecule has 0 heterocycles. The molecule has 0 aliphatic rings. The summed E-state index contributed by atoms with van der Waals surface area (Å²) in [7, 11) is -2.27. The molecule has 1 amide bonds. The minimum atomic E-state index is -3.71. The van der Waals surface area contributed by atoms with Crippen LogP contribution in [0.25, 0.3) is 10.8 Å². The predicted molar refractivity (Wildman–Crippen MR) is 117 cm³/mol. The molecule has 0 fully saturated rings. The van der Waals surface area contributed by atoms with E-state index in [9.17, 15) is 13.2 Å². The minimum absolute atomic E-state index is 0.0645. The fraction of sp³-hybridized carbons (Fsp3) is 0.261. The highest BCUT2D eigenvalue weighted by Gasteiger charge is 2.21. The third-order valence-electron chi connectivity index (χ3n) is 4.70. The Kier molecular flexibility index (Phi) is 6.31. The van der Waals surface area contributed by atoms with Gasteiger partial charge in [-0.15, -0.1) is 0 Å². The number of carbonyl (C=O) groups is 1. The first-order valence-electron chi connectivity index (χ1n) is 9.54. The van der Waals surface area contributed by atoms with Crippen molar-refractivity contribution in [2.45, 2.75) is 26.4 Å². The van der Waals surface area contributed by atoms with Crippen molar-refractivity contribution < 1.29 is 22.1 Å². The fourth-order valence-corrected chi connectivity index (χ4v) is 3.68. The third kappa shape index (κ3) is 5.10. The molecule has 0 aliphatic carbocycles. The number of hydrogen-bond acceptors (Lipinski definition) is 5. The van der Waals surface area contributed by atoms with Gasteiger partial charge in [0.1, 0.15) is 0 Å². The molecule has 3 aromatic carbocycles. The lowest BCUT2D eigenvalue weighted by atomic mass is 10.1. The molecule has 3 aromatic rings. The third-order valence-corrected chi connectivity index (χ3v) is 5.19. The lowest BCUT2D eigenvalue weighted by molar-refractivity contribution is 0.0690. The van der Waals surface area contributed by atoms with Gasteiger partial charge in [0.15, 0.2) is 11.5 Å². The number of methoxy groups -OCH3 is 1. The van der Waals surface area contributed by atoms with Gasteiger partial charge in [-0.25, -0.2) is 0 Å². The van der Waals surface area contributed by atoms with Crippen molar-refractivity contribution in [1.29, 1.82) is 0 Å². The van der Waals surface area contributed by atoms with Crippen molar-refractivity contribution in [3.63, 3.8) is 0 Å². The predicted octanol–water partition coefficient (Wildman–Crippen LogP) is 4.24. The minimum Gasteiger partial charge on any atom is -0.493 e. The molecule has 0 unspecified atom stereocenters. The van der Waals surface area contributed by atoms with E-state index < -0.39 is 10.1 Å². The molecule has 30 heavy (non-hydrogen) atoms. The molecule has 0 aromatic heterocycles. The first-order chi connectivity index (χ1) is 14.2. The summed E-state index contributed by atoms with van der Waals surface area (Å²) in [4.78, 5) is 15.0. The van der Waals surface area contributed by atoms with Crippen molar-refractivity contribution in [3.05, 3.63) is 71.8 Å². The van der Waals surface area contributed by atoms with Crippen LogP contribution in [0.1, 0.15) is 29.8 Å². The number of benzene rings is 3. The molecule has 0 spiro atoms. The highest BCUT2D eigenvalue weighted by atomic mass is 32.2. The zero-order chi connectivity index (χ0) is 21.9. The van der Waals surface area contributed by atoms with Crippen molar-refractivity contribution in [2.24, 2.45) is 0 Å². The fourth-order valence-electron chi connectivity index (χ4n) is 3.22. The Hall–Kier alpha value is -3.06. The average Bonchev–Trinajstić information content (AvgIpc) is 2.70. The Balaban J connectivity index is 1.91. The molecule has 0 N–H and O–H groups in total. The molecular weight excluding hydrogens is 402 g/mol. The van der Waals surface area contributed by atoms with Gasteiger partial charge in [0.2, 0.25) is 0 Å². The van der Waals surface area contributed by atoms with E-state index in [2.05, 4.69) is 0 Å². The van der Waals surface area contributed by atoms with Crippen LogP contribution in [0, 0.1) is 0 Å². The van der Waals surface area contributed by atoms with Crippen LogP contribution in [-0.2, 0) is 16.7 Å². The number of amides is 1. The molecule has 158 valence electrons. The highest BCUT2D eigenvalue weighted by Crippen LogP contribution is 2.30. The van der Waals surface area contributed by atoms with Crippen LogP contribution < -0.4 is 8.92 Å². The van der Waals surface area contributed by atoms with E-state index >= 15 is 0 Å². The Morgan fingerprint density at radius 2 is 1.67 bits per heavy atom. The smallest absolute Gasteiger partial charge is 0.306 e. The average molecular weight is 428 g/mol. The number of carbonyl (C=O) groups excluding carboxylic acids is 1. The van der Waals surface area contributed by atoms with E-state index in [1.165, 1.54) is 7.11 Å². The summed E-state index contributed by atoms with van der Waals surface area (Å²) in [6.45, 7) is 4.18. The van der Waals surface area contributed by atoms with E-state index in [0.29, 0.717) is 17.9 Å². The molecule has 3 rings (SSSR count). The van der Waals surface area contributed by atoms with Crippen LogP contribution in [0.2, 0.25) is 0 Å². The van der Waals surface area contributed by atoms with Gasteiger partial charge in [-0.2, -0.15) is 8.42 Å². The topological polar surface area (TPSA) is 72.9 Å². The van der Waals surface area contributed by atoms with Gasteiger partial charge in [-0.1, -0.05) is 36.4 Å². The van der Waals surface area contributed by atoms with E-state index in [1.54, 1.807) is 23.1 Å². The number of rotatable bonds is 7. The lowest BCUT2D eigenvalue weighted by Gasteiger charge is -2.27. The van der Waals surface area contributed by atoms with Gasteiger partial charge in [-0.3, -0.25) is 4.79 Å². The maximum Gasteiger partial charge on any atom is 0.306 e. The molecule has 7 heteroatoms. The summed E-state index contributed by atoms with van der Waals surface area (Å²) in [5, 5.41) is 2.07. The Labute approximate surface area is 177 Å². The molecule has 0 radical (unpaired) electrons. The van der Waals surface area contributed by atoms with Crippen molar-refractivity contribution in [1.82, 2.24) is 4.90 Å². The zero-order valence-corrected chi connectivity index (χ0v) is 18.3. The van der Waals surface area contributed by atoms with E-state index in [1.807, 2.05) is 56.3 Å². The number of hydrogen-bond donors (Lipinski definition) is 0. The van der Waals surface area contributed by atoms with Gasteiger partial charge in [0.25, 0.3) is 5.91 Å². The van der Waals surface area contributed by atoms with Crippen LogP contribution in [0.4, 0.5) is 0 Å². The van der Waals surface area contributed by atoms with Crippen LogP contribution in [0.3, 0.4) is 0 Å². The maximum atomic E-state index is 13.2. The SMILES string of the molecule is COc1ccc(CN(C(=O)c2ccc3ccccc3c2)C(C)C)cc1OS(C)(=O)=O. The summed E-state index contributed by atoms with van der Waals surface area (Å²) in [6.07, 6.45) is 0.975. The van der Waals surface area contributed by atoms with Gasteiger partial charge in [0.05, 0.1) is 13.4 Å². The summed E-state index contributed by atoms with van der Waals surface area (Å²) in [5.41, 5.74) is 1.33. The molecule has 6 nitrogen and oxygen atoms in total.